The lowest BCUT2D eigenvalue weighted by molar-refractivity contribution is 0.0268. The van der Waals surface area contributed by atoms with E-state index in [-0.39, 0.29) is 32.9 Å². The normalized spacial score (nSPS) is 12.0. The van der Waals surface area contributed by atoms with E-state index in [4.69, 9.17) is 30.0 Å². The van der Waals surface area contributed by atoms with Gasteiger partial charge >= 0.3 is 0 Å². The molecule has 0 aliphatic heterocycles. The minimum Gasteiger partial charge on any atom is -0.492 e. The molecule has 0 spiro atoms. The Balaban J connectivity index is 1.53. The van der Waals surface area contributed by atoms with Gasteiger partial charge in [0.25, 0.3) is 0 Å². The Labute approximate surface area is 221 Å². The first-order valence-electron chi connectivity index (χ1n) is 12.0. The largest absolute Gasteiger partial charge is 0.492 e. The second kappa shape index (κ2) is 14.8. The summed E-state index contributed by atoms with van der Waals surface area (Å²) in [5, 5.41) is 47.9. The summed E-state index contributed by atoms with van der Waals surface area (Å²) in [4.78, 5) is 1.85. The Morgan fingerprint density at radius 3 is 1.26 bits per heavy atom. The summed E-state index contributed by atoms with van der Waals surface area (Å²) >= 11 is 0. The molecule has 194 valence electrons. The van der Waals surface area contributed by atoms with Gasteiger partial charge in [0.2, 0.25) is 0 Å². The number of hydrogen-bond donors (Lipinski definition) is 2. The fourth-order valence-corrected chi connectivity index (χ4v) is 3.51. The van der Waals surface area contributed by atoms with Crippen molar-refractivity contribution >= 4 is 0 Å². The molecule has 0 radical (unpaired) electrons. The number of nitriles is 3. The van der Waals surface area contributed by atoms with E-state index in [1.807, 2.05) is 17.0 Å². The third kappa shape index (κ3) is 9.46. The summed E-state index contributed by atoms with van der Waals surface area (Å²) in [6.45, 7) is 1.16. The molecule has 0 saturated carbocycles. The van der Waals surface area contributed by atoms with E-state index in [0.29, 0.717) is 40.5 Å². The van der Waals surface area contributed by atoms with Crippen molar-refractivity contribution in [2.45, 2.75) is 12.2 Å². The maximum atomic E-state index is 10.6. The lowest BCUT2D eigenvalue weighted by Crippen LogP contribution is -2.43. The van der Waals surface area contributed by atoms with Gasteiger partial charge in [0.05, 0.1) is 34.9 Å². The molecule has 0 bridgehead atoms. The van der Waals surface area contributed by atoms with E-state index in [0.717, 1.165) is 0 Å². The average Bonchev–Trinajstić information content (AvgIpc) is 2.95. The number of benzene rings is 3. The van der Waals surface area contributed by atoms with Crippen molar-refractivity contribution in [1.29, 1.82) is 15.8 Å². The number of hydrogen-bond acceptors (Lipinski definition) is 9. The molecule has 2 atom stereocenters. The third-order valence-electron chi connectivity index (χ3n) is 5.45. The van der Waals surface area contributed by atoms with Crippen LogP contribution in [0.5, 0.6) is 17.2 Å². The SMILES string of the molecule is N#Cc1ccc(OCCN(CC(O)COc2ccc(C#N)cc2)CC(O)COc2ccc(C#N)cc2)cc1. The summed E-state index contributed by atoms with van der Waals surface area (Å²) in [7, 11) is 0. The van der Waals surface area contributed by atoms with Crippen LogP contribution in [0.2, 0.25) is 0 Å². The van der Waals surface area contributed by atoms with Gasteiger partial charge in [-0.25, -0.2) is 0 Å². The Kier molecular flexibility index (Phi) is 10.9. The van der Waals surface area contributed by atoms with Gasteiger partial charge in [-0.2, -0.15) is 15.8 Å². The molecule has 2 unspecified atom stereocenters. The minimum atomic E-state index is -0.854. The number of nitrogens with zero attached hydrogens (tertiary/aromatic N) is 4. The molecular weight excluding hydrogens is 484 g/mol. The van der Waals surface area contributed by atoms with E-state index in [1.165, 1.54) is 0 Å². The second-order valence-corrected chi connectivity index (χ2v) is 8.45. The molecule has 3 aromatic carbocycles. The highest BCUT2D eigenvalue weighted by Crippen LogP contribution is 2.14. The molecule has 0 aliphatic rings. The first kappa shape index (κ1) is 28.0. The number of ether oxygens (including phenoxy) is 3. The Morgan fingerprint density at radius 1 is 0.579 bits per heavy atom. The Bertz CT molecular complexity index is 1190. The number of aliphatic hydroxyl groups is 2. The summed E-state index contributed by atoms with van der Waals surface area (Å²) in [6, 6.07) is 26.1. The lowest BCUT2D eigenvalue weighted by Gasteiger charge is -2.27. The lowest BCUT2D eigenvalue weighted by atomic mass is 10.2. The van der Waals surface area contributed by atoms with Crippen molar-refractivity contribution in [2.75, 3.05) is 39.5 Å². The van der Waals surface area contributed by atoms with E-state index in [2.05, 4.69) is 6.07 Å². The minimum absolute atomic E-state index is 0.0245. The first-order chi connectivity index (χ1) is 18.5. The van der Waals surface area contributed by atoms with E-state index >= 15 is 0 Å². The molecule has 0 aromatic heterocycles. The van der Waals surface area contributed by atoms with E-state index < -0.39 is 12.2 Å². The monoisotopic (exact) mass is 512 g/mol. The molecular formula is C29H28N4O5. The van der Waals surface area contributed by atoms with Crippen molar-refractivity contribution in [3.8, 4) is 35.5 Å². The molecule has 0 fully saturated rings. The van der Waals surface area contributed by atoms with Crippen molar-refractivity contribution in [2.24, 2.45) is 0 Å². The van der Waals surface area contributed by atoms with Crippen molar-refractivity contribution in [3.05, 3.63) is 89.5 Å². The molecule has 3 aromatic rings. The molecule has 9 nitrogen and oxygen atoms in total. The highest BCUT2D eigenvalue weighted by atomic mass is 16.5. The second-order valence-electron chi connectivity index (χ2n) is 8.45. The number of rotatable bonds is 14. The molecule has 0 aliphatic carbocycles. The molecule has 3 rings (SSSR count). The van der Waals surface area contributed by atoms with Gasteiger partial charge in [-0.05, 0) is 72.8 Å². The van der Waals surface area contributed by atoms with Gasteiger partial charge in [0, 0.05) is 19.6 Å². The smallest absolute Gasteiger partial charge is 0.119 e. The Hall–Kier alpha value is -4.59. The zero-order valence-corrected chi connectivity index (χ0v) is 20.7. The van der Waals surface area contributed by atoms with E-state index in [1.54, 1.807) is 72.8 Å². The van der Waals surface area contributed by atoms with Crippen LogP contribution < -0.4 is 14.2 Å². The third-order valence-corrected chi connectivity index (χ3v) is 5.45. The summed E-state index contributed by atoms with van der Waals surface area (Å²) in [6.07, 6.45) is -1.71. The quantitative estimate of drug-likeness (QED) is 0.333. The summed E-state index contributed by atoms with van der Waals surface area (Å²) < 4.78 is 17.1. The topological polar surface area (TPSA) is 143 Å². The fraction of sp³-hybridized carbons (Fsp3) is 0.276. The highest BCUT2D eigenvalue weighted by molar-refractivity contribution is 5.36. The van der Waals surface area contributed by atoms with Crippen LogP contribution >= 0.6 is 0 Å². The van der Waals surface area contributed by atoms with Crippen LogP contribution in [0.3, 0.4) is 0 Å². The molecule has 2 N–H and O–H groups in total. The molecule has 9 heteroatoms. The van der Waals surface area contributed by atoms with Crippen LogP contribution in [0.1, 0.15) is 16.7 Å². The van der Waals surface area contributed by atoms with Crippen LogP contribution in [-0.4, -0.2) is 66.8 Å². The zero-order valence-electron chi connectivity index (χ0n) is 20.7. The summed E-state index contributed by atoms with van der Waals surface area (Å²) in [5.41, 5.74) is 1.57. The predicted molar refractivity (Wildman–Crippen MR) is 138 cm³/mol. The van der Waals surface area contributed by atoms with Gasteiger partial charge in [-0.15, -0.1) is 0 Å². The van der Waals surface area contributed by atoms with Crippen LogP contribution in [0.15, 0.2) is 72.8 Å². The standard InChI is InChI=1S/C29H28N4O5/c30-15-22-1-7-27(8-2-22)36-14-13-33(18-25(34)20-37-28-9-3-23(16-31)4-10-28)19-26(35)21-38-29-11-5-24(17-32)6-12-29/h1-12,25-26,34-35H,13-14,18-21H2. The van der Waals surface area contributed by atoms with Crippen molar-refractivity contribution in [3.63, 3.8) is 0 Å². The molecule has 0 heterocycles. The zero-order chi connectivity index (χ0) is 27.2. The van der Waals surface area contributed by atoms with Gasteiger partial charge in [0.15, 0.2) is 0 Å². The van der Waals surface area contributed by atoms with Gasteiger partial charge in [-0.1, -0.05) is 0 Å². The summed E-state index contributed by atoms with van der Waals surface area (Å²) in [5.74, 6) is 1.68. The predicted octanol–water partition coefficient (Wildman–Crippen LogP) is 2.86. The maximum Gasteiger partial charge on any atom is 0.119 e. The highest BCUT2D eigenvalue weighted by Gasteiger charge is 2.17. The molecule has 0 amide bonds. The fourth-order valence-electron chi connectivity index (χ4n) is 3.51. The molecule has 38 heavy (non-hydrogen) atoms. The Morgan fingerprint density at radius 2 is 0.921 bits per heavy atom. The van der Waals surface area contributed by atoms with Crippen LogP contribution in [-0.2, 0) is 0 Å². The van der Waals surface area contributed by atoms with E-state index in [9.17, 15) is 10.2 Å². The van der Waals surface area contributed by atoms with Crippen LogP contribution in [0, 0.1) is 34.0 Å². The van der Waals surface area contributed by atoms with Gasteiger partial charge < -0.3 is 24.4 Å². The first-order valence-corrected chi connectivity index (χ1v) is 12.0. The van der Waals surface area contributed by atoms with Gasteiger partial charge in [-0.3, -0.25) is 4.90 Å². The number of aliphatic hydroxyl groups excluding tert-OH is 2. The van der Waals surface area contributed by atoms with Gasteiger partial charge in [0.1, 0.15) is 49.3 Å². The van der Waals surface area contributed by atoms with Crippen LogP contribution in [0.25, 0.3) is 0 Å². The molecule has 0 saturated heterocycles. The average molecular weight is 513 g/mol. The van der Waals surface area contributed by atoms with Crippen molar-refractivity contribution < 1.29 is 24.4 Å². The van der Waals surface area contributed by atoms with Crippen molar-refractivity contribution in [1.82, 2.24) is 4.90 Å². The maximum absolute atomic E-state index is 10.6. The van der Waals surface area contributed by atoms with Crippen LogP contribution in [0.4, 0.5) is 0 Å².